The van der Waals surface area contributed by atoms with Crippen molar-refractivity contribution in [1.82, 2.24) is 9.88 Å². The van der Waals surface area contributed by atoms with Crippen molar-refractivity contribution in [3.05, 3.63) is 23.9 Å². The van der Waals surface area contributed by atoms with Gasteiger partial charge >= 0.3 is 0 Å². The number of carbonyl (C=O) groups excluding carboxylic acids is 1. The number of hydrogen-bond donors (Lipinski definition) is 1. The summed E-state index contributed by atoms with van der Waals surface area (Å²) in [7, 11) is 0. The topological polar surface area (TPSA) is 59.2 Å². The second kappa shape index (κ2) is 7.01. The van der Waals surface area contributed by atoms with Crippen LogP contribution in [0.2, 0.25) is 0 Å². The lowest BCUT2D eigenvalue weighted by Gasteiger charge is -2.17. The van der Waals surface area contributed by atoms with E-state index in [1.807, 2.05) is 12.1 Å². The smallest absolute Gasteiger partial charge is 0.138 e. The Morgan fingerprint density at radius 1 is 1.41 bits per heavy atom. The molecule has 17 heavy (non-hydrogen) atoms. The SMILES string of the molecule is CCN(CC)CCC(=O)Cc1cccnc1N. The van der Waals surface area contributed by atoms with E-state index < -0.39 is 0 Å². The molecule has 0 aromatic carbocycles. The molecule has 1 heterocycles. The molecule has 0 radical (unpaired) electrons. The van der Waals surface area contributed by atoms with Gasteiger partial charge in [0.25, 0.3) is 0 Å². The van der Waals surface area contributed by atoms with Crippen molar-refractivity contribution in [1.29, 1.82) is 0 Å². The molecule has 1 rings (SSSR count). The standard InChI is InChI=1S/C13H21N3O/c1-3-16(4-2)9-7-12(17)10-11-6-5-8-15-13(11)14/h5-6,8H,3-4,7,9-10H2,1-2H3,(H2,14,15). The zero-order chi connectivity index (χ0) is 12.7. The molecule has 0 amide bonds. The van der Waals surface area contributed by atoms with Crippen molar-refractivity contribution in [2.24, 2.45) is 0 Å². The molecule has 4 nitrogen and oxygen atoms in total. The first-order chi connectivity index (χ1) is 8.17. The van der Waals surface area contributed by atoms with Crippen LogP contribution >= 0.6 is 0 Å². The van der Waals surface area contributed by atoms with E-state index in [9.17, 15) is 4.79 Å². The average Bonchev–Trinajstić information content (AvgIpc) is 2.33. The van der Waals surface area contributed by atoms with Gasteiger partial charge in [0, 0.05) is 31.1 Å². The first kappa shape index (κ1) is 13.6. The lowest BCUT2D eigenvalue weighted by atomic mass is 10.1. The van der Waals surface area contributed by atoms with E-state index in [0.29, 0.717) is 18.7 Å². The summed E-state index contributed by atoms with van der Waals surface area (Å²) < 4.78 is 0. The number of aromatic nitrogens is 1. The molecule has 0 saturated heterocycles. The van der Waals surface area contributed by atoms with Crippen LogP contribution in [0.3, 0.4) is 0 Å². The third-order valence-corrected chi connectivity index (χ3v) is 2.92. The Hall–Kier alpha value is -1.42. The predicted octanol–water partition coefficient (Wildman–Crippen LogP) is 1.51. The molecular weight excluding hydrogens is 214 g/mol. The van der Waals surface area contributed by atoms with Crippen LogP contribution in [-0.2, 0) is 11.2 Å². The van der Waals surface area contributed by atoms with Crippen LogP contribution in [0.1, 0.15) is 25.8 Å². The second-order valence-electron chi connectivity index (χ2n) is 4.04. The van der Waals surface area contributed by atoms with Crippen LogP contribution in [0.5, 0.6) is 0 Å². The van der Waals surface area contributed by atoms with Gasteiger partial charge in [0.1, 0.15) is 11.6 Å². The number of pyridine rings is 1. The Morgan fingerprint density at radius 2 is 2.12 bits per heavy atom. The van der Waals surface area contributed by atoms with Gasteiger partial charge in [-0.1, -0.05) is 19.9 Å². The quantitative estimate of drug-likeness (QED) is 0.778. The number of nitrogens with zero attached hydrogens (tertiary/aromatic N) is 2. The number of hydrogen-bond acceptors (Lipinski definition) is 4. The van der Waals surface area contributed by atoms with Gasteiger partial charge in [0.05, 0.1) is 0 Å². The van der Waals surface area contributed by atoms with Crippen LogP contribution in [0, 0.1) is 0 Å². The summed E-state index contributed by atoms with van der Waals surface area (Å²) >= 11 is 0. The van der Waals surface area contributed by atoms with Crippen LogP contribution in [-0.4, -0.2) is 35.3 Å². The summed E-state index contributed by atoms with van der Waals surface area (Å²) in [6, 6.07) is 3.67. The third-order valence-electron chi connectivity index (χ3n) is 2.92. The maximum absolute atomic E-state index is 11.8. The predicted molar refractivity (Wildman–Crippen MR) is 69.8 cm³/mol. The number of nitrogen functional groups attached to an aromatic ring is 1. The van der Waals surface area contributed by atoms with E-state index in [1.54, 1.807) is 6.20 Å². The number of nitrogens with two attached hydrogens (primary N) is 1. The molecule has 0 aliphatic carbocycles. The monoisotopic (exact) mass is 235 g/mol. The van der Waals surface area contributed by atoms with Crippen LogP contribution in [0.4, 0.5) is 5.82 Å². The molecule has 0 aliphatic rings. The fourth-order valence-electron chi connectivity index (χ4n) is 1.72. The van der Waals surface area contributed by atoms with E-state index in [1.165, 1.54) is 0 Å². The van der Waals surface area contributed by atoms with Crippen LogP contribution in [0.15, 0.2) is 18.3 Å². The van der Waals surface area contributed by atoms with Crippen molar-refractivity contribution >= 4 is 11.6 Å². The Kier molecular flexibility index (Phi) is 5.63. The number of ketones is 1. The fraction of sp³-hybridized carbons (Fsp3) is 0.538. The van der Waals surface area contributed by atoms with Crippen molar-refractivity contribution < 1.29 is 4.79 Å². The van der Waals surface area contributed by atoms with E-state index in [4.69, 9.17) is 5.73 Å². The van der Waals surface area contributed by atoms with Crippen LogP contribution in [0.25, 0.3) is 0 Å². The Labute approximate surface area is 103 Å². The van der Waals surface area contributed by atoms with Gasteiger partial charge in [-0.3, -0.25) is 4.79 Å². The van der Waals surface area contributed by atoms with Gasteiger partial charge in [-0.05, 0) is 19.2 Å². The third kappa shape index (κ3) is 4.53. The Morgan fingerprint density at radius 3 is 2.71 bits per heavy atom. The van der Waals surface area contributed by atoms with Gasteiger partial charge in [-0.25, -0.2) is 4.98 Å². The summed E-state index contributed by atoms with van der Waals surface area (Å²) in [4.78, 5) is 18.0. The largest absolute Gasteiger partial charge is 0.383 e. The molecule has 0 aliphatic heterocycles. The minimum Gasteiger partial charge on any atom is -0.383 e. The lowest BCUT2D eigenvalue weighted by Crippen LogP contribution is -2.26. The first-order valence-electron chi connectivity index (χ1n) is 6.10. The molecule has 1 aromatic heterocycles. The van der Waals surface area contributed by atoms with Crippen molar-refractivity contribution in [3.63, 3.8) is 0 Å². The minimum absolute atomic E-state index is 0.219. The molecule has 94 valence electrons. The molecular formula is C13H21N3O. The molecule has 0 atom stereocenters. The lowest BCUT2D eigenvalue weighted by molar-refractivity contribution is -0.118. The average molecular weight is 235 g/mol. The molecule has 4 heteroatoms. The highest BCUT2D eigenvalue weighted by Gasteiger charge is 2.08. The second-order valence-corrected chi connectivity index (χ2v) is 4.04. The normalized spacial score (nSPS) is 10.8. The molecule has 0 bridgehead atoms. The molecule has 1 aromatic rings. The highest BCUT2D eigenvalue weighted by atomic mass is 16.1. The van der Waals surface area contributed by atoms with Crippen molar-refractivity contribution in [2.75, 3.05) is 25.4 Å². The minimum atomic E-state index is 0.219. The van der Waals surface area contributed by atoms with E-state index in [2.05, 4.69) is 23.7 Å². The molecule has 0 fully saturated rings. The zero-order valence-electron chi connectivity index (χ0n) is 10.6. The van der Waals surface area contributed by atoms with Crippen molar-refractivity contribution in [2.45, 2.75) is 26.7 Å². The van der Waals surface area contributed by atoms with Gasteiger partial charge in [-0.2, -0.15) is 0 Å². The first-order valence-corrected chi connectivity index (χ1v) is 6.10. The summed E-state index contributed by atoms with van der Waals surface area (Å²) in [6.07, 6.45) is 2.61. The Bertz CT molecular complexity index is 361. The summed E-state index contributed by atoms with van der Waals surface area (Å²) in [5, 5.41) is 0. The van der Waals surface area contributed by atoms with Crippen LogP contribution < -0.4 is 5.73 Å². The van der Waals surface area contributed by atoms with Crippen molar-refractivity contribution in [3.8, 4) is 0 Å². The maximum atomic E-state index is 11.8. The number of rotatable bonds is 7. The van der Waals surface area contributed by atoms with E-state index in [0.717, 1.165) is 25.2 Å². The number of anilines is 1. The van der Waals surface area contributed by atoms with Gasteiger partial charge < -0.3 is 10.6 Å². The highest BCUT2D eigenvalue weighted by Crippen LogP contribution is 2.09. The maximum Gasteiger partial charge on any atom is 0.138 e. The summed E-state index contributed by atoms with van der Waals surface area (Å²) in [6.45, 7) is 7.00. The van der Waals surface area contributed by atoms with E-state index >= 15 is 0 Å². The molecule has 0 unspecified atom stereocenters. The number of carbonyl (C=O) groups is 1. The van der Waals surface area contributed by atoms with E-state index in [-0.39, 0.29) is 5.78 Å². The summed E-state index contributed by atoms with van der Waals surface area (Å²) in [5.74, 6) is 0.681. The molecule has 0 saturated carbocycles. The zero-order valence-corrected chi connectivity index (χ0v) is 10.6. The fourth-order valence-corrected chi connectivity index (χ4v) is 1.72. The molecule has 2 N–H and O–H groups in total. The van der Waals surface area contributed by atoms with Gasteiger partial charge in [-0.15, -0.1) is 0 Å². The van der Waals surface area contributed by atoms with Gasteiger partial charge in [0.15, 0.2) is 0 Å². The highest BCUT2D eigenvalue weighted by molar-refractivity contribution is 5.82. The molecule has 0 spiro atoms. The summed E-state index contributed by atoms with van der Waals surface area (Å²) in [5.41, 5.74) is 6.53. The Balaban J connectivity index is 2.42. The number of Topliss-reactive ketones (excluding diaryl/α,β-unsaturated/α-hetero) is 1. The van der Waals surface area contributed by atoms with Gasteiger partial charge in [0.2, 0.25) is 0 Å².